The lowest BCUT2D eigenvalue weighted by molar-refractivity contribution is 0.0485. The van der Waals surface area contributed by atoms with Crippen LogP contribution in [0.25, 0.3) is 0 Å². The average Bonchev–Trinajstić information content (AvgIpc) is 2.38. The predicted molar refractivity (Wildman–Crippen MR) is 68.8 cm³/mol. The summed E-state index contributed by atoms with van der Waals surface area (Å²) in [6.45, 7) is 1.03. The summed E-state index contributed by atoms with van der Waals surface area (Å²) < 4.78 is 15.1. The zero-order valence-electron chi connectivity index (χ0n) is 10.8. The molecule has 0 heterocycles. The van der Waals surface area contributed by atoms with Crippen LogP contribution in [-0.4, -0.2) is 33.4 Å². The normalized spacial score (nSPS) is 10.1. The first-order valence-electron chi connectivity index (χ1n) is 5.78. The van der Waals surface area contributed by atoms with Crippen molar-refractivity contribution in [2.45, 2.75) is 12.8 Å². The topological polar surface area (TPSA) is 70.8 Å². The molecular weight excluding hydrogens is 234 g/mol. The van der Waals surface area contributed by atoms with Crippen LogP contribution < -0.4 is 10.5 Å². The minimum atomic E-state index is -0.420. The van der Waals surface area contributed by atoms with Gasteiger partial charge in [0.15, 0.2) is 0 Å². The summed E-state index contributed by atoms with van der Waals surface area (Å²) in [7, 11) is 3.14. The van der Waals surface area contributed by atoms with Crippen molar-refractivity contribution in [3.63, 3.8) is 0 Å². The van der Waals surface area contributed by atoms with E-state index in [0.29, 0.717) is 30.2 Å². The Morgan fingerprint density at radius 2 is 1.94 bits per heavy atom. The highest BCUT2D eigenvalue weighted by atomic mass is 16.5. The number of benzene rings is 1. The van der Waals surface area contributed by atoms with Crippen LogP contribution >= 0.6 is 0 Å². The van der Waals surface area contributed by atoms with Gasteiger partial charge in [-0.05, 0) is 31.0 Å². The van der Waals surface area contributed by atoms with Gasteiger partial charge in [-0.3, -0.25) is 0 Å². The molecule has 0 fully saturated rings. The van der Waals surface area contributed by atoms with Crippen LogP contribution in [0.1, 0.15) is 23.2 Å². The third-order valence-electron chi connectivity index (χ3n) is 2.42. The van der Waals surface area contributed by atoms with E-state index >= 15 is 0 Å². The Bertz CT molecular complexity index is 393. The molecule has 0 aliphatic heterocycles. The van der Waals surface area contributed by atoms with E-state index in [1.807, 2.05) is 0 Å². The summed E-state index contributed by atoms with van der Waals surface area (Å²) in [6, 6.07) is 4.88. The monoisotopic (exact) mass is 253 g/mol. The largest absolute Gasteiger partial charge is 0.496 e. The Hall–Kier alpha value is -1.75. The van der Waals surface area contributed by atoms with E-state index in [1.165, 1.54) is 7.11 Å². The summed E-state index contributed by atoms with van der Waals surface area (Å²) in [6.07, 6.45) is 1.63. The first kappa shape index (κ1) is 14.3. The van der Waals surface area contributed by atoms with Gasteiger partial charge in [-0.1, -0.05) is 0 Å². The Morgan fingerprint density at radius 3 is 2.61 bits per heavy atom. The van der Waals surface area contributed by atoms with E-state index in [0.717, 1.165) is 12.8 Å². The first-order valence-corrected chi connectivity index (χ1v) is 5.78. The van der Waals surface area contributed by atoms with Gasteiger partial charge in [-0.25, -0.2) is 4.79 Å². The first-order chi connectivity index (χ1) is 8.69. The highest BCUT2D eigenvalue weighted by Gasteiger charge is 2.13. The molecule has 100 valence electrons. The maximum atomic E-state index is 11.8. The number of nitrogen functional groups attached to an aromatic ring is 1. The maximum absolute atomic E-state index is 11.8. The number of carbonyl (C=O) groups is 1. The number of carbonyl (C=O) groups excluding carboxylic acids is 1. The predicted octanol–water partition coefficient (Wildman–Crippen LogP) is 1.86. The van der Waals surface area contributed by atoms with Gasteiger partial charge in [0.2, 0.25) is 0 Å². The van der Waals surface area contributed by atoms with Gasteiger partial charge in [0.25, 0.3) is 0 Å². The van der Waals surface area contributed by atoms with E-state index in [4.69, 9.17) is 19.9 Å². The van der Waals surface area contributed by atoms with Crippen LogP contribution in [-0.2, 0) is 9.47 Å². The number of nitrogens with two attached hydrogens (primary N) is 1. The third-order valence-corrected chi connectivity index (χ3v) is 2.42. The lowest BCUT2D eigenvalue weighted by Gasteiger charge is -2.09. The quantitative estimate of drug-likeness (QED) is 0.456. The Labute approximate surface area is 107 Å². The zero-order valence-corrected chi connectivity index (χ0v) is 10.8. The lowest BCUT2D eigenvalue weighted by Crippen LogP contribution is -2.09. The van der Waals surface area contributed by atoms with Crippen molar-refractivity contribution in [1.82, 2.24) is 0 Å². The molecule has 5 nitrogen and oxygen atoms in total. The average molecular weight is 253 g/mol. The van der Waals surface area contributed by atoms with Gasteiger partial charge in [0.05, 0.1) is 13.7 Å². The van der Waals surface area contributed by atoms with E-state index < -0.39 is 5.97 Å². The summed E-state index contributed by atoms with van der Waals surface area (Å²) >= 11 is 0. The number of hydrogen-bond donors (Lipinski definition) is 1. The maximum Gasteiger partial charge on any atom is 0.341 e. The number of ether oxygens (including phenoxy) is 3. The lowest BCUT2D eigenvalue weighted by atomic mass is 10.2. The van der Waals surface area contributed by atoms with Crippen molar-refractivity contribution in [3.05, 3.63) is 23.8 Å². The molecule has 18 heavy (non-hydrogen) atoms. The summed E-state index contributed by atoms with van der Waals surface area (Å²) in [5, 5.41) is 0. The summed E-state index contributed by atoms with van der Waals surface area (Å²) in [5.74, 6) is 0.0441. The van der Waals surface area contributed by atoms with Crippen LogP contribution in [0.2, 0.25) is 0 Å². The molecule has 1 aromatic carbocycles. The second-order valence-electron chi connectivity index (χ2n) is 3.80. The number of rotatable bonds is 7. The molecule has 0 radical (unpaired) electrons. The van der Waals surface area contributed by atoms with Crippen molar-refractivity contribution >= 4 is 11.7 Å². The highest BCUT2D eigenvalue weighted by Crippen LogP contribution is 2.21. The van der Waals surface area contributed by atoms with Gasteiger partial charge in [0, 0.05) is 19.4 Å². The molecule has 0 amide bonds. The van der Waals surface area contributed by atoms with Crippen LogP contribution in [0, 0.1) is 0 Å². The Kier molecular flexibility index (Phi) is 6.00. The Morgan fingerprint density at radius 1 is 1.22 bits per heavy atom. The molecule has 0 saturated carbocycles. The molecule has 5 heteroatoms. The second kappa shape index (κ2) is 7.55. The van der Waals surface area contributed by atoms with Crippen LogP contribution in [0.5, 0.6) is 5.75 Å². The van der Waals surface area contributed by atoms with Gasteiger partial charge >= 0.3 is 5.97 Å². The van der Waals surface area contributed by atoms with Crippen LogP contribution in [0.4, 0.5) is 5.69 Å². The van der Waals surface area contributed by atoms with E-state index in [9.17, 15) is 4.79 Å². The molecule has 2 N–H and O–H groups in total. The van der Waals surface area contributed by atoms with Crippen LogP contribution in [0.3, 0.4) is 0 Å². The van der Waals surface area contributed by atoms with Crippen molar-refractivity contribution in [1.29, 1.82) is 0 Å². The summed E-state index contributed by atoms with van der Waals surface area (Å²) in [4.78, 5) is 11.8. The fraction of sp³-hybridized carbons (Fsp3) is 0.462. The second-order valence-corrected chi connectivity index (χ2v) is 3.80. The molecule has 1 aromatic rings. The van der Waals surface area contributed by atoms with Crippen molar-refractivity contribution in [3.8, 4) is 5.75 Å². The van der Waals surface area contributed by atoms with Crippen molar-refractivity contribution in [2.24, 2.45) is 0 Å². The fourth-order valence-corrected chi connectivity index (χ4v) is 1.48. The standard InChI is InChI=1S/C13H19NO4/c1-16-7-3-4-8-18-13(15)11-9-10(14)5-6-12(11)17-2/h5-6,9H,3-4,7-8,14H2,1-2H3. The van der Waals surface area contributed by atoms with Crippen molar-refractivity contribution < 1.29 is 19.0 Å². The molecule has 0 aliphatic carbocycles. The Balaban J connectivity index is 2.52. The van der Waals surface area contributed by atoms with Gasteiger partial charge < -0.3 is 19.9 Å². The number of hydrogen-bond acceptors (Lipinski definition) is 5. The van der Waals surface area contributed by atoms with Crippen LogP contribution in [0.15, 0.2) is 18.2 Å². The minimum absolute atomic E-state index is 0.351. The zero-order chi connectivity index (χ0) is 13.4. The fourth-order valence-electron chi connectivity index (χ4n) is 1.48. The number of methoxy groups -OCH3 is 2. The SMILES string of the molecule is COCCCCOC(=O)c1cc(N)ccc1OC. The third kappa shape index (κ3) is 4.25. The molecule has 0 unspecified atom stereocenters. The molecular formula is C13H19NO4. The van der Waals surface area contributed by atoms with Gasteiger partial charge in [0.1, 0.15) is 11.3 Å². The van der Waals surface area contributed by atoms with E-state index in [-0.39, 0.29) is 0 Å². The molecule has 0 atom stereocenters. The van der Waals surface area contributed by atoms with Gasteiger partial charge in [-0.15, -0.1) is 0 Å². The van der Waals surface area contributed by atoms with Crippen molar-refractivity contribution in [2.75, 3.05) is 33.2 Å². The van der Waals surface area contributed by atoms with E-state index in [1.54, 1.807) is 25.3 Å². The summed E-state index contributed by atoms with van der Waals surface area (Å²) in [5.41, 5.74) is 6.49. The molecule has 0 aliphatic rings. The minimum Gasteiger partial charge on any atom is -0.496 e. The number of anilines is 1. The molecule has 0 aromatic heterocycles. The smallest absolute Gasteiger partial charge is 0.341 e. The molecule has 1 rings (SSSR count). The van der Waals surface area contributed by atoms with Gasteiger partial charge in [-0.2, -0.15) is 0 Å². The van der Waals surface area contributed by atoms with E-state index in [2.05, 4.69) is 0 Å². The molecule has 0 bridgehead atoms. The number of esters is 1. The highest BCUT2D eigenvalue weighted by molar-refractivity contribution is 5.93. The molecule has 0 spiro atoms. The molecule has 0 saturated heterocycles. The number of unbranched alkanes of at least 4 members (excludes halogenated alkanes) is 1.